The van der Waals surface area contributed by atoms with Crippen molar-refractivity contribution in [1.29, 1.82) is 0 Å². The second kappa shape index (κ2) is 3.93. The fraction of sp³-hybridized carbons (Fsp3) is 0.500. The molecule has 0 saturated heterocycles. The molecule has 0 aromatic heterocycles. The smallest absolute Gasteiger partial charge is 0.144 e. The molecular weight excluding hydrogens is 200 g/mol. The molecule has 0 radical (unpaired) electrons. The average molecular weight is 218 g/mol. The number of phenols is 1. The van der Waals surface area contributed by atoms with Gasteiger partial charge in [-0.15, -0.1) is 0 Å². The zero-order valence-corrected chi connectivity index (χ0v) is 10.1. The summed E-state index contributed by atoms with van der Waals surface area (Å²) < 4.78 is 0. The van der Waals surface area contributed by atoms with E-state index in [0.29, 0.717) is 18.1 Å². The van der Waals surface area contributed by atoms with E-state index in [1.54, 1.807) is 6.07 Å². The van der Waals surface area contributed by atoms with Crippen LogP contribution in [0.25, 0.3) is 0 Å². The van der Waals surface area contributed by atoms with Crippen molar-refractivity contribution in [2.45, 2.75) is 45.4 Å². The van der Waals surface area contributed by atoms with Crippen LogP contribution in [0.2, 0.25) is 0 Å². The van der Waals surface area contributed by atoms with Crippen molar-refractivity contribution in [2.24, 2.45) is 0 Å². The first-order valence-corrected chi connectivity index (χ1v) is 5.93. The van der Waals surface area contributed by atoms with Crippen molar-refractivity contribution < 1.29 is 9.90 Å². The molecule has 2 heteroatoms. The Kier molecular flexibility index (Phi) is 2.75. The number of carbonyl (C=O) groups excluding carboxylic acids is 1. The first kappa shape index (κ1) is 11.2. The minimum atomic E-state index is 0.0491. The van der Waals surface area contributed by atoms with Gasteiger partial charge in [0, 0.05) is 12.3 Å². The van der Waals surface area contributed by atoms with Gasteiger partial charge in [0.25, 0.3) is 0 Å². The van der Waals surface area contributed by atoms with Crippen LogP contribution in [0.5, 0.6) is 5.75 Å². The molecule has 16 heavy (non-hydrogen) atoms. The van der Waals surface area contributed by atoms with Crippen LogP contribution in [0.3, 0.4) is 0 Å². The molecule has 1 atom stereocenters. The quantitative estimate of drug-likeness (QED) is 0.828. The van der Waals surface area contributed by atoms with E-state index in [1.807, 2.05) is 6.07 Å². The number of hydrogen-bond acceptors (Lipinski definition) is 2. The van der Waals surface area contributed by atoms with Crippen LogP contribution < -0.4 is 0 Å². The van der Waals surface area contributed by atoms with E-state index in [2.05, 4.69) is 20.8 Å². The lowest BCUT2D eigenvalue weighted by molar-refractivity contribution is -0.119. The van der Waals surface area contributed by atoms with E-state index in [1.165, 1.54) is 5.56 Å². The largest absolute Gasteiger partial charge is 0.508 e. The number of benzene rings is 1. The summed E-state index contributed by atoms with van der Waals surface area (Å²) in [4.78, 5) is 11.9. The van der Waals surface area contributed by atoms with Gasteiger partial charge in [-0.1, -0.05) is 20.8 Å². The maximum atomic E-state index is 11.9. The van der Waals surface area contributed by atoms with Crippen molar-refractivity contribution >= 4 is 5.78 Å². The summed E-state index contributed by atoms with van der Waals surface area (Å²) in [6.45, 7) is 6.25. The molecule has 86 valence electrons. The highest BCUT2D eigenvalue weighted by Crippen LogP contribution is 2.40. The van der Waals surface area contributed by atoms with Gasteiger partial charge in [-0.3, -0.25) is 4.79 Å². The molecule has 1 aromatic rings. The van der Waals surface area contributed by atoms with Crippen LogP contribution in [0.1, 0.15) is 55.7 Å². The number of Topliss-reactive ketones (excluding diaryl/α,β-unsaturated/α-hetero) is 1. The Morgan fingerprint density at radius 2 is 2.12 bits per heavy atom. The molecule has 1 aliphatic carbocycles. The topological polar surface area (TPSA) is 37.3 Å². The third-order valence-electron chi connectivity index (χ3n) is 3.41. The number of carbonyl (C=O) groups is 1. The number of ketones is 1. The van der Waals surface area contributed by atoms with Crippen LogP contribution in [0, 0.1) is 0 Å². The minimum absolute atomic E-state index is 0.0491. The maximum Gasteiger partial charge on any atom is 0.144 e. The Morgan fingerprint density at radius 3 is 2.69 bits per heavy atom. The summed E-state index contributed by atoms with van der Waals surface area (Å²) in [6.07, 6.45) is 1.35. The van der Waals surface area contributed by atoms with Gasteiger partial charge in [-0.25, -0.2) is 0 Å². The van der Waals surface area contributed by atoms with E-state index in [0.717, 1.165) is 17.5 Å². The van der Waals surface area contributed by atoms with Crippen molar-refractivity contribution in [3.63, 3.8) is 0 Å². The first-order valence-electron chi connectivity index (χ1n) is 5.93. The summed E-state index contributed by atoms with van der Waals surface area (Å²) >= 11 is 0. The summed E-state index contributed by atoms with van der Waals surface area (Å²) in [5.41, 5.74) is 3.34. The molecule has 1 aromatic carbocycles. The summed E-state index contributed by atoms with van der Waals surface area (Å²) in [7, 11) is 0. The highest BCUT2D eigenvalue weighted by molar-refractivity contribution is 5.93. The molecule has 1 aliphatic rings. The number of aromatic hydroxyl groups is 1. The van der Waals surface area contributed by atoms with Gasteiger partial charge in [0.15, 0.2) is 0 Å². The Labute approximate surface area is 96.3 Å². The van der Waals surface area contributed by atoms with Gasteiger partial charge >= 0.3 is 0 Å². The van der Waals surface area contributed by atoms with Crippen molar-refractivity contribution in [3.05, 3.63) is 28.8 Å². The zero-order chi connectivity index (χ0) is 11.9. The molecule has 2 rings (SSSR count). The maximum absolute atomic E-state index is 11.9. The van der Waals surface area contributed by atoms with Crippen LogP contribution in [-0.4, -0.2) is 10.9 Å². The Morgan fingerprint density at radius 1 is 1.44 bits per heavy atom. The molecule has 1 N–H and O–H groups in total. The Balaban J connectivity index is 2.61. The molecule has 0 bridgehead atoms. The second-order valence-corrected chi connectivity index (χ2v) is 4.87. The first-order chi connectivity index (χ1) is 7.54. The predicted octanol–water partition coefficient (Wildman–Crippen LogP) is 3.13. The molecule has 0 aliphatic heterocycles. The average Bonchev–Trinajstić information content (AvgIpc) is 2.51. The standard InChI is InChI=1S/C14H18O2/c1-4-11-13(16)6-9-5-10(15)7-12(8(2)3)14(9)11/h5,7-8,11,15H,4,6H2,1-3H3. The lowest BCUT2D eigenvalue weighted by atomic mass is 9.88. The third-order valence-corrected chi connectivity index (χ3v) is 3.41. The van der Waals surface area contributed by atoms with Gasteiger partial charge in [0.05, 0.1) is 0 Å². The van der Waals surface area contributed by atoms with E-state index in [-0.39, 0.29) is 11.7 Å². The number of rotatable bonds is 2. The zero-order valence-electron chi connectivity index (χ0n) is 10.1. The lowest BCUT2D eigenvalue weighted by Gasteiger charge is -2.16. The van der Waals surface area contributed by atoms with Crippen LogP contribution >= 0.6 is 0 Å². The summed E-state index contributed by atoms with van der Waals surface area (Å²) in [5, 5.41) is 9.66. The Hall–Kier alpha value is -1.31. The molecule has 0 amide bonds. The van der Waals surface area contributed by atoms with Crippen LogP contribution in [0.15, 0.2) is 12.1 Å². The molecule has 0 heterocycles. The molecule has 0 saturated carbocycles. The molecule has 1 unspecified atom stereocenters. The fourth-order valence-corrected chi connectivity index (χ4v) is 2.67. The van der Waals surface area contributed by atoms with Crippen LogP contribution in [-0.2, 0) is 11.2 Å². The SMILES string of the molecule is CCC1C(=O)Cc2cc(O)cc(C(C)C)c21. The van der Waals surface area contributed by atoms with Gasteiger partial charge in [0.1, 0.15) is 11.5 Å². The predicted molar refractivity (Wildman–Crippen MR) is 63.9 cm³/mol. The van der Waals surface area contributed by atoms with Crippen molar-refractivity contribution in [2.75, 3.05) is 0 Å². The molecule has 2 nitrogen and oxygen atoms in total. The summed E-state index contributed by atoms with van der Waals surface area (Å²) in [6, 6.07) is 3.56. The van der Waals surface area contributed by atoms with Gasteiger partial charge in [-0.2, -0.15) is 0 Å². The minimum Gasteiger partial charge on any atom is -0.508 e. The fourth-order valence-electron chi connectivity index (χ4n) is 2.67. The molecular formula is C14H18O2. The number of phenolic OH excluding ortho intramolecular Hbond substituents is 1. The summed E-state index contributed by atoms with van der Waals surface area (Å²) in [5.74, 6) is 0.978. The van der Waals surface area contributed by atoms with Crippen molar-refractivity contribution in [1.82, 2.24) is 0 Å². The lowest BCUT2D eigenvalue weighted by Crippen LogP contribution is -2.06. The molecule has 0 fully saturated rings. The van der Waals surface area contributed by atoms with Crippen LogP contribution in [0.4, 0.5) is 0 Å². The van der Waals surface area contributed by atoms with Gasteiger partial charge in [-0.05, 0) is 41.2 Å². The normalized spacial score (nSPS) is 19.2. The Bertz CT molecular complexity index is 433. The van der Waals surface area contributed by atoms with E-state index < -0.39 is 0 Å². The number of hydrogen-bond donors (Lipinski definition) is 1. The highest BCUT2D eigenvalue weighted by atomic mass is 16.3. The van der Waals surface area contributed by atoms with Gasteiger partial charge < -0.3 is 5.11 Å². The van der Waals surface area contributed by atoms with Crippen molar-refractivity contribution in [3.8, 4) is 5.75 Å². The third kappa shape index (κ3) is 1.62. The van der Waals surface area contributed by atoms with E-state index in [9.17, 15) is 9.90 Å². The van der Waals surface area contributed by atoms with Gasteiger partial charge in [0.2, 0.25) is 0 Å². The van der Waals surface area contributed by atoms with E-state index >= 15 is 0 Å². The molecule has 0 spiro atoms. The number of fused-ring (bicyclic) bond motifs is 1. The monoisotopic (exact) mass is 218 g/mol. The van der Waals surface area contributed by atoms with E-state index in [4.69, 9.17) is 0 Å². The highest BCUT2D eigenvalue weighted by Gasteiger charge is 2.32. The second-order valence-electron chi connectivity index (χ2n) is 4.87.